The fourth-order valence-corrected chi connectivity index (χ4v) is 5.90. The summed E-state index contributed by atoms with van der Waals surface area (Å²) in [6, 6.07) is 9.44. The predicted octanol–water partition coefficient (Wildman–Crippen LogP) is 2.93. The van der Waals surface area contributed by atoms with Crippen LogP contribution in [0, 0.1) is 29.3 Å². The lowest BCUT2D eigenvalue weighted by molar-refractivity contribution is -0.124. The zero-order chi connectivity index (χ0) is 22.3. The summed E-state index contributed by atoms with van der Waals surface area (Å²) in [5, 5.41) is 0. The molecule has 2 heterocycles. The Labute approximate surface area is 178 Å². The maximum Gasteiger partial charge on any atom is 0.231 e. The molecule has 166 valence electrons. The highest BCUT2D eigenvalue weighted by Crippen LogP contribution is 2.39. The van der Waals surface area contributed by atoms with Gasteiger partial charge in [0.1, 0.15) is 0 Å². The van der Waals surface area contributed by atoms with E-state index in [2.05, 4.69) is 4.74 Å². The monoisotopic (exact) mass is 454 g/mol. The van der Waals surface area contributed by atoms with Crippen LogP contribution in [0.15, 0.2) is 36.4 Å². The largest absolute Gasteiger partial charge is 0.491 e. The smallest absolute Gasteiger partial charge is 0.231 e. The molecular weight excluding hydrogens is 433 g/mol. The number of methoxy groups -OCH3 is 1. The van der Waals surface area contributed by atoms with Crippen LogP contribution >= 0.6 is 0 Å². The molecule has 2 aliphatic heterocycles. The Balaban J connectivity index is 1.55. The molecule has 2 saturated heterocycles. The van der Waals surface area contributed by atoms with E-state index in [0.29, 0.717) is 12.0 Å². The Kier molecular flexibility index (Phi) is 5.69. The van der Waals surface area contributed by atoms with E-state index >= 15 is 0 Å². The van der Waals surface area contributed by atoms with Gasteiger partial charge in [0.15, 0.2) is 17.4 Å². The quantitative estimate of drug-likeness (QED) is 0.652. The Hall–Kier alpha value is -2.59. The molecule has 0 spiro atoms. The minimum atomic E-state index is -3.66. The SMILES string of the molecule is COc1c(F)cc(N2CC[C@H]3CN(S(=O)(=O)Cc4ccccc4)C[C@H]3C2=O)c(F)c1F. The van der Waals surface area contributed by atoms with Gasteiger partial charge in [0.25, 0.3) is 0 Å². The van der Waals surface area contributed by atoms with E-state index < -0.39 is 50.7 Å². The maximum absolute atomic E-state index is 14.5. The van der Waals surface area contributed by atoms with Gasteiger partial charge in [0.05, 0.1) is 24.5 Å². The molecule has 0 N–H and O–H groups in total. The first-order valence-electron chi connectivity index (χ1n) is 9.77. The number of benzene rings is 2. The van der Waals surface area contributed by atoms with Crippen LogP contribution in [0.1, 0.15) is 12.0 Å². The molecule has 0 saturated carbocycles. The number of anilines is 1. The van der Waals surface area contributed by atoms with Crippen molar-refractivity contribution in [2.24, 2.45) is 11.8 Å². The molecule has 2 aromatic rings. The average Bonchev–Trinajstić information content (AvgIpc) is 3.19. The van der Waals surface area contributed by atoms with Crippen molar-refractivity contribution in [3.63, 3.8) is 0 Å². The number of ether oxygens (including phenoxy) is 1. The van der Waals surface area contributed by atoms with Crippen LogP contribution < -0.4 is 9.64 Å². The van der Waals surface area contributed by atoms with Gasteiger partial charge in [-0.1, -0.05) is 30.3 Å². The van der Waals surface area contributed by atoms with Crippen LogP contribution in [0.2, 0.25) is 0 Å². The summed E-state index contributed by atoms with van der Waals surface area (Å²) in [4.78, 5) is 14.0. The van der Waals surface area contributed by atoms with Crippen molar-refractivity contribution in [1.82, 2.24) is 4.31 Å². The van der Waals surface area contributed by atoms with Crippen LogP contribution in [0.4, 0.5) is 18.9 Å². The summed E-state index contributed by atoms with van der Waals surface area (Å²) in [5.74, 6) is -6.53. The highest BCUT2D eigenvalue weighted by atomic mass is 32.2. The number of sulfonamides is 1. The van der Waals surface area contributed by atoms with Gasteiger partial charge in [0.2, 0.25) is 21.7 Å². The predicted molar refractivity (Wildman–Crippen MR) is 107 cm³/mol. The summed E-state index contributed by atoms with van der Waals surface area (Å²) in [7, 11) is -2.64. The second-order valence-corrected chi connectivity index (χ2v) is 9.71. The van der Waals surface area contributed by atoms with Gasteiger partial charge in [-0.05, 0) is 17.9 Å². The van der Waals surface area contributed by atoms with Gasteiger partial charge >= 0.3 is 0 Å². The molecule has 2 aliphatic rings. The van der Waals surface area contributed by atoms with Crippen molar-refractivity contribution < 1.29 is 31.1 Å². The van der Waals surface area contributed by atoms with Gasteiger partial charge in [-0.2, -0.15) is 4.39 Å². The molecule has 0 bridgehead atoms. The number of carbonyl (C=O) groups excluding carboxylic acids is 1. The molecule has 2 aromatic carbocycles. The lowest BCUT2D eigenvalue weighted by atomic mass is 9.87. The minimum absolute atomic E-state index is 0.0364. The number of piperidine rings is 1. The summed E-state index contributed by atoms with van der Waals surface area (Å²) >= 11 is 0. The fraction of sp³-hybridized carbons (Fsp3) is 0.381. The standard InChI is InChI=1S/C21H21F3N2O4S/c1-30-20-16(22)9-17(18(23)19(20)24)26-8-7-14-10-25(11-15(14)21(26)27)31(28,29)12-13-5-3-2-4-6-13/h2-6,9,14-15H,7-8,10-12H2,1H3/t14-,15+/m0/s1. The van der Waals surface area contributed by atoms with Crippen molar-refractivity contribution >= 4 is 21.6 Å². The molecule has 6 nitrogen and oxygen atoms in total. The third-order valence-corrected chi connectivity index (χ3v) is 7.67. The number of nitrogens with zero attached hydrogens (tertiary/aromatic N) is 2. The highest BCUT2D eigenvalue weighted by Gasteiger charge is 2.47. The van der Waals surface area contributed by atoms with Crippen LogP contribution in [-0.4, -0.2) is 45.4 Å². The molecule has 1 amide bonds. The number of halogens is 3. The number of fused-ring (bicyclic) bond motifs is 1. The Morgan fingerprint density at radius 2 is 1.81 bits per heavy atom. The van der Waals surface area contributed by atoms with E-state index in [9.17, 15) is 26.4 Å². The summed E-state index contributed by atoms with van der Waals surface area (Å²) in [5.41, 5.74) is 0.126. The van der Waals surface area contributed by atoms with Gasteiger partial charge in [-0.25, -0.2) is 21.5 Å². The van der Waals surface area contributed by atoms with Gasteiger partial charge in [0, 0.05) is 25.7 Å². The van der Waals surface area contributed by atoms with Gasteiger partial charge in [-0.3, -0.25) is 4.79 Å². The third-order valence-electron chi connectivity index (χ3n) is 5.89. The van der Waals surface area contributed by atoms with E-state index in [1.807, 2.05) is 0 Å². The molecule has 0 unspecified atom stereocenters. The van der Waals surface area contributed by atoms with Crippen LogP contribution in [0.25, 0.3) is 0 Å². The highest BCUT2D eigenvalue weighted by molar-refractivity contribution is 7.88. The summed E-state index contributed by atoms with van der Waals surface area (Å²) < 4.78 is 74.3. The van der Waals surface area contributed by atoms with E-state index in [1.54, 1.807) is 30.3 Å². The van der Waals surface area contributed by atoms with E-state index in [1.165, 1.54) is 4.31 Å². The Bertz CT molecular complexity index is 1110. The molecular formula is C21H21F3N2O4S. The zero-order valence-corrected chi connectivity index (χ0v) is 17.5. The number of rotatable bonds is 5. The Morgan fingerprint density at radius 3 is 2.48 bits per heavy atom. The minimum Gasteiger partial charge on any atom is -0.491 e. The summed E-state index contributed by atoms with van der Waals surface area (Å²) in [6.45, 7) is 0.180. The van der Waals surface area contributed by atoms with Crippen molar-refractivity contribution in [3.05, 3.63) is 59.4 Å². The molecule has 31 heavy (non-hydrogen) atoms. The molecule has 0 radical (unpaired) electrons. The van der Waals surface area contributed by atoms with Crippen LogP contribution in [-0.2, 0) is 20.6 Å². The lowest BCUT2D eigenvalue weighted by Gasteiger charge is -2.34. The first kappa shape index (κ1) is 21.6. The van der Waals surface area contributed by atoms with E-state index in [4.69, 9.17) is 0 Å². The topological polar surface area (TPSA) is 66.9 Å². The van der Waals surface area contributed by atoms with Crippen molar-refractivity contribution in [2.45, 2.75) is 12.2 Å². The van der Waals surface area contributed by atoms with Crippen molar-refractivity contribution in [2.75, 3.05) is 31.6 Å². The van der Waals surface area contributed by atoms with Crippen LogP contribution in [0.5, 0.6) is 5.75 Å². The molecule has 0 aromatic heterocycles. The molecule has 2 fully saturated rings. The van der Waals surface area contributed by atoms with Gasteiger partial charge < -0.3 is 9.64 Å². The number of carbonyl (C=O) groups is 1. The van der Waals surface area contributed by atoms with Crippen molar-refractivity contribution in [3.8, 4) is 5.75 Å². The van der Waals surface area contributed by atoms with Gasteiger partial charge in [-0.15, -0.1) is 0 Å². The average molecular weight is 454 g/mol. The molecule has 4 rings (SSSR count). The second kappa shape index (κ2) is 8.16. The molecule has 2 atom stereocenters. The zero-order valence-electron chi connectivity index (χ0n) is 16.7. The normalized spacial score (nSPS) is 21.9. The van der Waals surface area contributed by atoms with E-state index in [-0.39, 0.29) is 31.3 Å². The Morgan fingerprint density at radius 1 is 1.10 bits per heavy atom. The van der Waals surface area contributed by atoms with Crippen molar-refractivity contribution in [1.29, 1.82) is 0 Å². The fourth-order valence-electron chi connectivity index (χ4n) is 4.30. The van der Waals surface area contributed by atoms with Crippen LogP contribution in [0.3, 0.4) is 0 Å². The second-order valence-electron chi connectivity index (χ2n) is 7.74. The number of amides is 1. The first-order valence-corrected chi connectivity index (χ1v) is 11.4. The third kappa shape index (κ3) is 3.89. The maximum atomic E-state index is 14.5. The number of hydrogen-bond donors (Lipinski definition) is 0. The molecule has 10 heteroatoms. The number of hydrogen-bond acceptors (Lipinski definition) is 4. The first-order chi connectivity index (χ1) is 14.7. The summed E-state index contributed by atoms with van der Waals surface area (Å²) in [6.07, 6.45) is 0.391. The lowest BCUT2D eigenvalue weighted by Crippen LogP contribution is -2.46. The molecule has 0 aliphatic carbocycles. The van der Waals surface area contributed by atoms with E-state index in [0.717, 1.165) is 18.1 Å².